The van der Waals surface area contributed by atoms with Crippen LogP contribution < -0.4 is 16.6 Å². The van der Waals surface area contributed by atoms with E-state index in [-0.39, 0.29) is 33.5 Å². The molecule has 12 heteroatoms. The second-order valence-corrected chi connectivity index (χ2v) is 7.49. The van der Waals surface area contributed by atoms with Crippen molar-refractivity contribution in [2.75, 3.05) is 5.73 Å². The smallest absolute Gasteiger partial charge is 0.262 e. The Kier molecular flexibility index (Phi) is 4.12. The first-order chi connectivity index (χ1) is 13.8. The monoisotopic (exact) mass is 411 g/mol. The number of nitrogen functional groups attached to an aromatic ring is 1. The molecule has 1 aliphatic rings. The normalized spacial score (nSPS) is 13.1. The number of nitrogens with zero attached hydrogens (tertiary/aromatic N) is 4. The standard InChI is InChI=1S/C17H12N6O5S/c18-14-13-11(15(25)21-16(13)26)8-12(24)23(14)9-2-4-10(5-3-9)29(27,28)22-17-19-6-1-7-20-17/h1-8H,(H4,18,19,20,21,22,24,25,26)/p-1. The Morgan fingerprint density at radius 1 is 1.00 bits per heavy atom. The fraction of sp³-hybridized carbons (Fsp3) is 0. The molecule has 4 rings (SSSR count). The molecule has 2 amide bonds. The lowest BCUT2D eigenvalue weighted by molar-refractivity contribution is 0.0880. The van der Waals surface area contributed by atoms with E-state index in [1.807, 2.05) is 0 Å². The van der Waals surface area contributed by atoms with Gasteiger partial charge in [-0.05, 0) is 36.7 Å². The number of rotatable bonds is 4. The highest BCUT2D eigenvalue weighted by molar-refractivity contribution is 7.94. The number of sulfonamides is 1. The molecule has 1 aliphatic heterocycles. The minimum absolute atomic E-state index is 0.102. The van der Waals surface area contributed by atoms with Gasteiger partial charge in [0.05, 0.1) is 21.7 Å². The van der Waals surface area contributed by atoms with Gasteiger partial charge in [-0.15, -0.1) is 0 Å². The Morgan fingerprint density at radius 2 is 1.66 bits per heavy atom. The third kappa shape index (κ3) is 3.10. The zero-order valence-electron chi connectivity index (χ0n) is 14.4. The van der Waals surface area contributed by atoms with Gasteiger partial charge in [-0.3, -0.25) is 29.0 Å². The largest absolute Gasteiger partial charge is 0.384 e. The average molecular weight is 411 g/mol. The summed E-state index contributed by atoms with van der Waals surface area (Å²) in [7, 11) is -4.09. The van der Waals surface area contributed by atoms with Gasteiger partial charge in [0.25, 0.3) is 17.4 Å². The fourth-order valence-corrected chi connectivity index (χ4v) is 3.71. The molecule has 2 aromatic heterocycles. The van der Waals surface area contributed by atoms with Crippen molar-refractivity contribution in [1.82, 2.24) is 19.9 Å². The Balaban J connectivity index is 1.73. The predicted molar refractivity (Wildman–Crippen MR) is 100 cm³/mol. The van der Waals surface area contributed by atoms with Gasteiger partial charge in [-0.25, -0.2) is 8.42 Å². The first-order valence-corrected chi connectivity index (χ1v) is 9.48. The quantitative estimate of drug-likeness (QED) is 0.584. The molecule has 146 valence electrons. The number of pyridine rings is 1. The Bertz CT molecular complexity index is 1320. The van der Waals surface area contributed by atoms with Crippen molar-refractivity contribution >= 4 is 33.6 Å². The van der Waals surface area contributed by atoms with Gasteiger partial charge in [-0.2, -0.15) is 0 Å². The van der Waals surface area contributed by atoms with E-state index in [1.165, 1.54) is 42.7 Å². The Morgan fingerprint density at radius 3 is 2.31 bits per heavy atom. The Hall–Kier alpha value is -4.06. The highest BCUT2D eigenvalue weighted by Gasteiger charge is 2.31. The number of carbonyl (C=O) groups is 2. The maximum Gasteiger partial charge on any atom is 0.262 e. The van der Waals surface area contributed by atoms with E-state index in [4.69, 9.17) is 5.73 Å². The molecule has 3 aromatic rings. The van der Waals surface area contributed by atoms with E-state index in [0.29, 0.717) is 0 Å². The lowest BCUT2D eigenvalue weighted by Crippen LogP contribution is -2.24. The molecular weight excluding hydrogens is 400 g/mol. The van der Waals surface area contributed by atoms with Gasteiger partial charge in [0.15, 0.2) is 0 Å². The van der Waals surface area contributed by atoms with Gasteiger partial charge >= 0.3 is 0 Å². The van der Waals surface area contributed by atoms with Gasteiger partial charge in [-0.1, -0.05) is 6.07 Å². The van der Waals surface area contributed by atoms with Gasteiger partial charge in [0.2, 0.25) is 10.0 Å². The predicted octanol–water partition coefficient (Wildman–Crippen LogP) is 0.487. The topological polar surface area (TPSA) is 168 Å². The van der Waals surface area contributed by atoms with E-state index in [1.54, 1.807) is 0 Å². The molecular formula is C17H11N6O5S-. The lowest BCUT2D eigenvalue weighted by atomic mass is 10.1. The van der Waals surface area contributed by atoms with E-state index in [2.05, 4.69) is 20.0 Å². The molecule has 0 bridgehead atoms. The van der Waals surface area contributed by atoms with Crippen LogP contribution in [0.1, 0.15) is 20.7 Å². The number of fused-ring (bicyclic) bond motifs is 1. The molecule has 0 saturated heterocycles. The molecule has 11 nitrogen and oxygen atoms in total. The summed E-state index contributed by atoms with van der Waals surface area (Å²) in [6.45, 7) is 0. The Labute approximate surface area is 163 Å². The van der Waals surface area contributed by atoms with Crippen LogP contribution in [0.2, 0.25) is 0 Å². The number of hydrogen-bond acceptors (Lipinski definition) is 8. The van der Waals surface area contributed by atoms with Crippen LogP contribution in [-0.4, -0.2) is 34.8 Å². The van der Waals surface area contributed by atoms with Crippen LogP contribution in [0.15, 0.2) is 58.5 Å². The van der Waals surface area contributed by atoms with Crippen LogP contribution in [0.3, 0.4) is 0 Å². The number of nitrogens with two attached hydrogens (primary N) is 1. The van der Waals surface area contributed by atoms with Crippen molar-refractivity contribution in [3.8, 4) is 5.69 Å². The van der Waals surface area contributed by atoms with E-state index in [0.717, 1.165) is 10.6 Å². The summed E-state index contributed by atoms with van der Waals surface area (Å²) >= 11 is 0. The number of amides is 2. The lowest BCUT2D eigenvalue weighted by Gasteiger charge is -2.14. The van der Waals surface area contributed by atoms with Crippen molar-refractivity contribution in [2.45, 2.75) is 4.90 Å². The van der Waals surface area contributed by atoms with Gasteiger partial charge in [0.1, 0.15) is 5.82 Å². The maximum absolute atomic E-state index is 12.4. The zero-order valence-corrected chi connectivity index (χ0v) is 15.3. The van der Waals surface area contributed by atoms with E-state index >= 15 is 0 Å². The molecule has 0 spiro atoms. The number of hydrogen-bond donors (Lipinski definition) is 2. The van der Waals surface area contributed by atoms with E-state index in [9.17, 15) is 22.8 Å². The van der Waals surface area contributed by atoms with Crippen LogP contribution in [0, 0.1) is 0 Å². The number of imide groups is 1. The number of benzene rings is 1. The van der Waals surface area contributed by atoms with Crippen molar-refractivity contribution in [2.24, 2.45) is 0 Å². The SMILES string of the molecule is Nc1c2c(cc(=O)n1-c1ccc(S(=O)(=O)[N-]c3ncccn3)cc1)C(=O)NC2=O. The minimum atomic E-state index is -4.09. The van der Waals surface area contributed by atoms with Crippen molar-refractivity contribution in [3.63, 3.8) is 0 Å². The number of nitrogens with one attached hydrogen (secondary N) is 1. The molecule has 3 heterocycles. The molecule has 0 aliphatic carbocycles. The second kappa shape index (κ2) is 6.53. The average Bonchev–Trinajstić information content (AvgIpc) is 2.96. The first-order valence-electron chi connectivity index (χ1n) is 8.04. The second-order valence-electron chi connectivity index (χ2n) is 5.88. The van der Waals surface area contributed by atoms with E-state index < -0.39 is 27.4 Å². The molecule has 0 unspecified atom stereocenters. The van der Waals surface area contributed by atoms with Crippen LogP contribution >= 0.6 is 0 Å². The van der Waals surface area contributed by atoms with Gasteiger partial charge < -0.3 is 15.7 Å². The number of aromatic nitrogens is 3. The van der Waals surface area contributed by atoms with Crippen LogP contribution in [0.25, 0.3) is 10.4 Å². The number of carbonyl (C=O) groups excluding carboxylic acids is 2. The van der Waals surface area contributed by atoms with Crippen molar-refractivity contribution in [3.05, 3.63) is 75.0 Å². The molecule has 0 fully saturated rings. The fourth-order valence-electron chi connectivity index (χ4n) is 2.81. The summed E-state index contributed by atoms with van der Waals surface area (Å²) < 4.78 is 29.3. The van der Waals surface area contributed by atoms with Gasteiger partial charge in [0, 0.05) is 12.0 Å². The number of anilines is 1. The summed E-state index contributed by atoms with van der Waals surface area (Å²) in [6, 6.07) is 7.62. The summed E-state index contributed by atoms with van der Waals surface area (Å²) in [4.78, 5) is 43.4. The van der Waals surface area contributed by atoms with Crippen LogP contribution in [-0.2, 0) is 10.0 Å². The maximum atomic E-state index is 12.4. The molecule has 0 radical (unpaired) electrons. The summed E-state index contributed by atoms with van der Waals surface area (Å²) in [5.74, 6) is -1.86. The zero-order chi connectivity index (χ0) is 20.8. The van der Waals surface area contributed by atoms with Crippen LogP contribution in [0.5, 0.6) is 0 Å². The highest BCUT2D eigenvalue weighted by Crippen LogP contribution is 2.26. The van der Waals surface area contributed by atoms with Crippen LogP contribution in [0.4, 0.5) is 11.8 Å². The minimum Gasteiger partial charge on any atom is -0.384 e. The third-order valence-corrected chi connectivity index (χ3v) is 5.37. The van der Waals surface area contributed by atoms with Crippen molar-refractivity contribution in [1.29, 1.82) is 0 Å². The molecule has 0 atom stereocenters. The molecule has 1 aromatic carbocycles. The molecule has 29 heavy (non-hydrogen) atoms. The molecule has 0 saturated carbocycles. The first kappa shape index (κ1) is 18.3. The summed E-state index contributed by atoms with van der Waals surface area (Å²) in [5, 5.41) is 2.07. The highest BCUT2D eigenvalue weighted by atomic mass is 32.2. The molecule has 3 N–H and O–H groups in total. The summed E-state index contributed by atoms with van der Waals surface area (Å²) in [5.41, 5.74) is 5.29. The third-order valence-electron chi connectivity index (χ3n) is 4.10. The summed E-state index contributed by atoms with van der Waals surface area (Å²) in [6.07, 6.45) is 2.71. The van der Waals surface area contributed by atoms with Crippen molar-refractivity contribution < 1.29 is 18.0 Å².